The second-order valence-corrected chi connectivity index (χ2v) is 8.80. The lowest BCUT2D eigenvalue weighted by atomic mass is 10.1. The van der Waals surface area contributed by atoms with Crippen molar-refractivity contribution in [2.24, 2.45) is 0 Å². The minimum atomic E-state index is -1.07. The highest BCUT2D eigenvalue weighted by Gasteiger charge is 2.30. The van der Waals surface area contributed by atoms with Gasteiger partial charge in [-0.15, -0.1) is 0 Å². The standard InChI is InChI=1S/C23H20Br2N2O3/c1-23(2,30-18-13-7-15(24)8-14-18)22(29)27-17-11-9-16(10-12-17)26-21(28)19-5-3-4-6-20(19)25/h3-14H,1-2H3,(H,26,28)(H,27,29). The minimum absolute atomic E-state index is 0.219. The highest BCUT2D eigenvalue weighted by atomic mass is 79.9. The molecule has 0 bridgehead atoms. The molecule has 3 aromatic rings. The van der Waals surface area contributed by atoms with Crippen LogP contribution in [-0.4, -0.2) is 17.4 Å². The van der Waals surface area contributed by atoms with E-state index in [4.69, 9.17) is 4.74 Å². The molecular weight excluding hydrogens is 512 g/mol. The fraction of sp³-hybridized carbons (Fsp3) is 0.130. The van der Waals surface area contributed by atoms with Crippen LogP contribution in [0.15, 0.2) is 81.7 Å². The molecule has 154 valence electrons. The Morgan fingerprint density at radius 1 is 0.800 bits per heavy atom. The molecule has 0 aliphatic heterocycles. The Morgan fingerprint density at radius 3 is 1.97 bits per heavy atom. The number of hydrogen-bond acceptors (Lipinski definition) is 3. The normalized spacial score (nSPS) is 10.9. The van der Waals surface area contributed by atoms with Crippen LogP contribution < -0.4 is 15.4 Å². The van der Waals surface area contributed by atoms with Gasteiger partial charge >= 0.3 is 0 Å². The van der Waals surface area contributed by atoms with Gasteiger partial charge < -0.3 is 15.4 Å². The largest absolute Gasteiger partial charge is 0.478 e. The van der Waals surface area contributed by atoms with Crippen LogP contribution in [0, 0.1) is 0 Å². The lowest BCUT2D eigenvalue weighted by molar-refractivity contribution is -0.128. The maximum atomic E-state index is 12.7. The van der Waals surface area contributed by atoms with Crippen molar-refractivity contribution in [3.63, 3.8) is 0 Å². The molecule has 0 unspecified atom stereocenters. The second-order valence-electron chi connectivity index (χ2n) is 7.03. The van der Waals surface area contributed by atoms with Crippen LogP contribution in [-0.2, 0) is 4.79 Å². The molecule has 0 fully saturated rings. The van der Waals surface area contributed by atoms with E-state index in [1.807, 2.05) is 24.3 Å². The minimum Gasteiger partial charge on any atom is -0.478 e. The Bertz CT molecular complexity index is 1050. The third-order valence-electron chi connectivity index (χ3n) is 4.25. The summed E-state index contributed by atoms with van der Waals surface area (Å²) in [5.74, 6) is 0.0993. The van der Waals surface area contributed by atoms with E-state index in [-0.39, 0.29) is 11.8 Å². The summed E-state index contributed by atoms with van der Waals surface area (Å²) in [4.78, 5) is 25.1. The zero-order valence-corrected chi connectivity index (χ0v) is 19.6. The monoisotopic (exact) mass is 530 g/mol. The van der Waals surface area contributed by atoms with Gasteiger partial charge in [-0.05, 0) is 90.4 Å². The van der Waals surface area contributed by atoms with Gasteiger partial charge in [-0.25, -0.2) is 0 Å². The quantitative estimate of drug-likeness (QED) is 0.394. The van der Waals surface area contributed by atoms with E-state index in [1.54, 1.807) is 62.4 Å². The first-order chi connectivity index (χ1) is 14.2. The topological polar surface area (TPSA) is 67.4 Å². The van der Waals surface area contributed by atoms with E-state index >= 15 is 0 Å². The Morgan fingerprint density at radius 2 is 1.37 bits per heavy atom. The highest BCUT2D eigenvalue weighted by Crippen LogP contribution is 2.23. The zero-order chi connectivity index (χ0) is 21.7. The van der Waals surface area contributed by atoms with Gasteiger partial charge in [-0.2, -0.15) is 0 Å². The molecule has 2 N–H and O–H groups in total. The average molecular weight is 532 g/mol. The van der Waals surface area contributed by atoms with Crippen molar-refractivity contribution in [1.29, 1.82) is 0 Å². The van der Waals surface area contributed by atoms with Crippen molar-refractivity contribution in [3.8, 4) is 5.75 Å². The van der Waals surface area contributed by atoms with Gasteiger partial charge in [0.05, 0.1) is 5.56 Å². The number of amides is 2. The number of ether oxygens (including phenoxy) is 1. The van der Waals surface area contributed by atoms with Crippen molar-refractivity contribution in [1.82, 2.24) is 0 Å². The molecule has 7 heteroatoms. The molecule has 0 aromatic heterocycles. The summed E-state index contributed by atoms with van der Waals surface area (Å²) in [7, 11) is 0. The van der Waals surface area contributed by atoms with E-state index in [2.05, 4.69) is 42.5 Å². The van der Waals surface area contributed by atoms with Crippen molar-refractivity contribution < 1.29 is 14.3 Å². The summed E-state index contributed by atoms with van der Waals surface area (Å²) < 4.78 is 7.49. The molecule has 0 spiro atoms. The molecular formula is C23H20Br2N2O3. The lowest BCUT2D eigenvalue weighted by Crippen LogP contribution is -2.42. The number of halogens is 2. The van der Waals surface area contributed by atoms with Crippen molar-refractivity contribution in [2.45, 2.75) is 19.4 Å². The van der Waals surface area contributed by atoms with E-state index in [9.17, 15) is 9.59 Å². The molecule has 0 aliphatic carbocycles. The first kappa shape index (κ1) is 22.1. The highest BCUT2D eigenvalue weighted by molar-refractivity contribution is 9.10. The molecule has 0 saturated carbocycles. The molecule has 0 radical (unpaired) electrons. The third kappa shape index (κ3) is 5.70. The van der Waals surface area contributed by atoms with Crippen LogP contribution in [0.1, 0.15) is 24.2 Å². The third-order valence-corrected chi connectivity index (χ3v) is 5.47. The summed E-state index contributed by atoms with van der Waals surface area (Å²) in [6.45, 7) is 3.41. The molecule has 2 amide bonds. The molecule has 0 heterocycles. The number of carbonyl (C=O) groups excluding carboxylic acids is 2. The molecule has 3 rings (SSSR count). The predicted octanol–water partition coefficient (Wildman–Crippen LogP) is 6.26. The molecule has 0 saturated heterocycles. The first-order valence-corrected chi connectivity index (χ1v) is 10.8. The number of anilines is 2. The van der Waals surface area contributed by atoms with Crippen LogP contribution in [0.5, 0.6) is 5.75 Å². The van der Waals surface area contributed by atoms with Crippen LogP contribution in [0.4, 0.5) is 11.4 Å². The van der Waals surface area contributed by atoms with Crippen LogP contribution in [0.2, 0.25) is 0 Å². The predicted molar refractivity (Wildman–Crippen MR) is 126 cm³/mol. The number of nitrogens with one attached hydrogen (secondary N) is 2. The summed E-state index contributed by atoms with van der Waals surface area (Å²) in [5.41, 5.74) is 0.701. The van der Waals surface area contributed by atoms with Crippen LogP contribution in [0.25, 0.3) is 0 Å². The molecule has 5 nitrogen and oxygen atoms in total. The molecule has 0 atom stereocenters. The van der Waals surface area contributed by atoms with Gasteiger partial charge in [-0.1, -0.05) is 28.1 Å². The Balaban J connectivity index is 1.61. The van der Waals surface area contributed by atoms with Crippen molar-refractivity contribution in [2.75, 3.05) is 10.6 Å². The van der Waals surface area contributed by atoms with E-state index < -0.39 is 5.60 Å². The van der Waals surface area contributed by atoms with Gasteiger partial charge in [0.15, 0.2) is 5.60 Å². The fourth-order valence-corrected chi connectivity index (χ4v) is 3.34. The molecule has 0 aliphatic rings. The maximum Gasteiger partial charge on any atom is 0.267 e. The SMILES string of the molecule is CC(C)(Oc1ccc(Br)cc1)C(=O)Nc1ccc(NC(=O)c2ccccc2Br)cc1. The summed E-state index contributed by atoms with van der Waals surface area (Å²) >= 11 is 6.74. The molecule has 3 aromatic carbocycles. The smallest absolute Gasteiger partial charge is 0.267 e. The summed E-state index contributed by atoms with van der Waals surface area (Å²) in [6.07, 6.45) is 0. The van der Waals surface area contributed by atoms with Gasteiger partial charge in [0.2, 0.25) is 0 Å². The van der Waals surface area contributed by atoms with Gasteiger partial charge in [0.1, 0.15) is 5.75 Å². The number of rotatable bonds is 6. The average Bonchev–Trinajstić information content (AvgIpc) is 2.71. The number of carbonyl (C=O) groups is 2. The zero-order valence-electron chi connectivity index (χ0n) is 16.4. The van der Waals surface area contributed by atoms with Gasteiger partial charge in [0, 0.05) is 20.3 Å². The van der Waals surface area contributed by atoms with Crippen molar-refractivity contribution >= 4 is 55.0 Å². The van der Waals surface area contributed by atoms with Gasteiger partial charge in [-0.3, -0.25) is 9.59 Å². The Kier molecular flexibility index (Phi) is 6.95. The van der Waals surface area contributed by atoms with E-state index in [0.29, 0.717) is 22.7 Å². The number of benzene rings is 3. The van der Waals surface area contributed by atoms with Crippen LogP contribution >= 0.6 is 31.9 Å². The van der Waals surface area contributed by atoms with E-state index in [0.717, 1.165) is 8.95 Å². The van der Waals surface area contributed by atoms with E-state index in [1.165, 1.54) is 0 Å². The van der Waals surface area contributed by atoms with Gasteiger partial charge in [0.25, 0.3) is 11.8 Å². The first-order valence-electron chi connectivity index (χ1n) is 9.16. The molecule has 30 heavy (non-hydrogen) atoms. The summed E-state index contributed by atoms with van der Waals surface area (Å²) in [6, 6.07) is 21.4. The summed E-state index contributed by atoms with van der Waals surface area (Å²) in [5, 5.41) is 5.68. The second kappa shape index (κ2) is 9.45. The van der Waals surface area contributed by atoms with Crippen molar-refractivity contribution in [3.05, 3.63) is 87.3 Å². The van der Waals surface area contributed by atoms with Crippen LogP contribution in [0.3, 0.4) is 0 Å². The Labute approximate surface area is 192 Å². The maximum absolute atomic E-state index is 12.7. The number of hydrogen-bond donors (Lipinski definition) is 2. The Hall–Kier alpha value is -2.64. The lowest BCUT2D eigenvalue weighted by Gasteiger charge is -2.25. The fourth-order valence-electron chi connectivity index (χ4n) is 2.61.